The fourth-order valence-electron chi connectivity index (χ4n) is 1.79. The van der Waals surface area contributed by atoms with Gasteiger partial charge in [-0.25, -0.2) is 0 Å². The van der Waals surface area contributed by atoms with Gasteiger partial charge in [-0.2, -0.15) is 0 Å². The van der Waals surface area contributed by atoms with Crippen molar-refractivity contribution in [3.63, 3.8) is 0 Å². The van der Waals surface area contributed by atoms with Gasteiger partial charge in [-0.1, -0.05) is 39.0 Å². The highest BCUT2D eigenvalue weighted by Gasteiger charge is 2.45. The van der Waals surface area contributed by atoms with E-state index in [2.05, 4.69) is 39.0 Å². The lowest BCUT2D eigenvalue weighted by molar-refractivity contribution is 0.0679. The average molecular weight is 270 g/mol. The molecule has 0 bridgehead atoms. The van der Waals surface area contributed by atoms with Crippen LogP contribution >= 0.6 is 0 Å². The molecule has 0 aromatic carbocycles. The standard InChI is InChI=1S/C14H26O3Si/c1-4-11-15-18(16-12-5-2,17-13-6-3)14-9-7-8-10-14/h7-9H,4-6,10-13H2,1-3H3. The molecule has 0 aromatic rings. The van der Waals surface area contributed by atoms with Crippen LogP contribution in [0.2, 0.25) is 0 Å². The first-order valence-corrected chi connectivity index (χ1v) is 8.79. The van der Waals surface area contributed by atoms with E-state index < -0.39 is 8.80 Å². The van der Waals surface area contributed by atoms with Gasteiger partial charge >= 0.3 is 8.80 Å². The monoisotopic (exact) mass is 270 g/mol. The smallest absolute Gasteiger partial charge is 0.370 e. The molecule has 0 atom stereocenters. The van der Waals surface area contributed by atoms with Crippen molar-refractivity contribution < 1.29 is 13.3 Å². The molecule has 3 nitrogen and oxygen atoms in total. The Labute approximate surface area is 112 Å². The number of allylic oxidation sites excluding steroid dienone is 4. The molecule has 0 heterocycles. The van der Waals surface area contributed by atoms with Crippen molar-refractivity contribution in [2.45, 2.75) is 46.5 Å². The van der Waals surface area contributed by atoms with Gasteiger partial charge in [-0.05, 0) is 25.7 Å². The van der Waals surface area contributed by atoms with Crippen molar-refractivity contribution >= 4 is 8.80 Å². The molecule has 1 aliphatic rings. The Morgan fingerprint density at radius 2 is 1.44 bits per heavy atom. The summed E-state index contributed by atoms with van der Waals surface area (Å²) >= 11 is 0. The maximum Gasteiger partial charge on any atom is 0.533 e. The second-order valence-corrected chi connectivity index (χ2v) is 7.05. The molecule has 0 saturated heterocycles. The summed E-state index contributed by atoms with van der Waals surface area (Å²) in [5.74, 6) is 0. The van der Waals surface area contributed by atoms with Crippen LogP contribution in [0.25, 0.3) is 0 Å². The van der Waals surface area contributed by atoms with Crippen LogP contribution in [0.1, 0.15) is 46.5 Å². The lowest BCUT2D eigenvalue weighted by Gasteiger charge is -2.30. The largest absolute Gasteiger partial charge is 0.533 e. The summed E-state index contributed by atoms with van der Waals surface area (Å²) < 4.78 is 18.2. The second kappa shape index (κ2) is 8.64. The summed E-state index contributed by atoms with van der Waals surface area (Å²) in [6, 6.07) is 0. The summed E-state index contributed by atoms with van der Waals surface area (Å²) in [4.78, 5) is 0. The number of hydrogen-bond acceptors (Lipinski definition) is 3. The third-order valence-electron chi connectivity index (χ3n) is 2.65. The first-order chi connectivity index (χ1) is 8.79. The molecule has 0 aromatic heterocycles. The predicted molar refractivity (Wildman–Crippen MR) is 76.3 cm³/mol. The van der Waals surface area contributed by atoms with Crippen molar-refractivity contribution in [2.75, 3.05) is 19.8 Å². The van der Waals surface area contributed by atoms with Gasteiger partial charge in [0.25, 0.3) is 0 Å². The highest BCUT2D eigenvalue weighted by Crippen LogP contribution is 2.27. The summed E-state index contributed by atoms with van der Waals surface area (Å²) in [5, 5.41) is 1.21. The molecule has 4 heteroatoms. The molecular weight excluding hydrogens is 244 g/mol. The average Bonchev–Trinajstić information content (AvgIpc) is 2.93. The number of rotatable bonds is 10. The van der Waals surface area contributed by atoms with Crippen LogP contribution in [-0.4, -0.2) is 28.6 Å². The molecule has 0 fully saturated rings. The van der Waals surface area contributed by atoms with Gasteiger partial charge in [0.05, 0.1) is 0 Å². The SMILES string of the molecule is CCCO[Si](OCCC)(OCCC)C1=CC=CC1. The van der Waals surface area contributed by atoms with E-state index in [0.717, 1.165) is 25.7 Å². The molecule has 0 spiro atoms. The van der Waals surface area contributed by atoms with Gasteiger partial charge in [0.15, 0.2) is 0 Å². The molecule has 0 unspecified atom stereocenters. The van der Waals surface area contributed by atoms with Crippen LogP contribution in [0.5, 0.6) is 0 Å². The summed E-state index contributed by atoms with van der Waals surface area (Å²) in [6.07, 6.45) is 10.2. The zero-order valence-electron chi connectivity index (χ0n) is 11.9. The van der Waals surface area contributed by atoms with Crippen molar-refractivity contribution in [1.29, 1.82) is 0 Å². The molecule has 1 rings (SSSR count). The Balaban J connectivity index is 2.76. The highest BCUT2D eigenvalue weighted by molar-refractivity contribution is 6.69. The van der Waals surface area contributed by atoms with Crippen molar-refractivity contribution in [1.82, 2.24) is 0 Å². The Bertz CT molecular complexity index is 265. The van der Waals surface area contributed by atoms with Gasteiger partial charge in [-0.15, -0.1) is 0 Å². The molecule has 0 aliphatic heterocycles. The lowest BCUT2D eigenvalue weighted by atomic mass is 10.5. The van der Waals surface area contributed by atoms with E-state index >= 15 is 0 Å². The number of hydrogen-bond donors (Lipinski definition) is 0. The van der Waals surface area contributed by atoms with Crippen LogP contribution in [-0.2, 0) is 13.3 Å². The van der Waals surface area contributed by atoms with E-state index in [1.54, 1.807) is 0 Å². The van der Waals surface area contributed by atoms with Gasteiger partial charge in [0.1, 0.15) is 0 Å². The van der Waals surface area contributed by atoms with Crippen LogP contribution in [0.15, 0.2) is 23.4 Å². The fourth-order valence-corrected chi connectivity index (χ4v) is 4.68. The predicted octanol–water partition coefficient (Wildman–Crippen LogP) is 3.63. The molecule has 104 valence electrons. The quantitative estimate of drug-likeness (QED) is 0.567. The summed E-state index contributed by atoms with van der Waals surface area (Å²) in [5.41, 5.74) is 0. The molecule has 0 radical (unpaired) electrons. The van der Waals surface area contributed by atoms with E-state index in [-0.39, 0.29) is 0 Å². The Morgan fingerprint density at radius 3 is 1.78 bits per heavy atom. The Morgan fingerprint density at radius 1 is 0.944 bits per heavy atom. The van der Waals surface area contributed by atoms with E-state index in [4.69, 9.17) is 13.3 Å². The third kappa shape index (κ3) is 4.35. The van der Waals surface area contributed by atoms with Gasteiger partial charge in [0.2, 0.25) is 0 Å². The zero-order chi connectivity index (χ0) is 13.3. The zero-order valence-corrected chi connectivity index (χ0v) is 12.9. The molecule has 0 N–H and O–H groups in total. The van der Waals surface area contributed by atoms with E-state index in [9.17, 15) is 0 Å². The Kier molecular flexibility index (Phi) is 7.50. The second-order valence-electron chi connectivity index (χ2n) is 4.43. The molecular formula is C14H26O3Si. The molecule has 1 aliphatic carbocycles. The van der Waals surface area contributed by atoms with Gasteiger partial charge < -0.3 is 13.3 Å². The van der Waals surface area contributed by atoms with E-state index in [1.807, 2.05) is 0 Å². The van der Waals surface area contributed by atoms with Crippen LogP contribution in [0, 0.1) is 0 Å². The highest BCUT2D eigenvalue weighted by atomic mass is 28.4. The van der Waals surface area contributed by atoms with E-state index in [1.165, 1.54) is 5.20 Å². The van der Waals surface area contributed by atoms with Crippen LogP contribution < -0.4 is 0 Å². The van der Waals surface area contributed by atoms with Crippen molar-refractivity contribution in [2.24, 2.45) is 0 Å². The topological polar surface area (TPSA) is 27.7 Å². The summed E-state index contributed by atoms with van der Waals surface area (Å²) in [6.45, 7) is 8.45. The van der Waals surface area contributed by atoms with E-state index in [0.29, 0.717) is 19.8 Å². The van der Waals surface area contributed by atoms with Crippen molar-refractivity contribution in [3.8, 4) is 0 Å². The van der Waals surface area contributed by atoms with Crippen LogP contribution in [0.4, 0.5) is 0 Å². The van der Waals surface area contributed by atoms with Crippen molar-refractivity contribution in [3.05, 3.63) is 23.4 Å². The van der Waals surface area contributed by atoms with Crippen LogP contribution in [0.3, 0.4) is 0 Å². The molecule has 0 amide bonds. The minimum Gasteiger partial charge on any atom is -0.370 e. The normalized spacial score (nSPS) is 15.2. The lowest BCUT2D eigenvalue weighted by Crippen LogP contribution is -2.48. The third-order valence-corrected chi connectivity index (χ3v) is 5.56. The van der Waals surface area contributed by atoms with Gasteiger partial charge in [0, 0.05) is 25.0 Å². The first-order valence-electron chi connectivity index (χ1n) is 7.07. The fraction of sp³-hybridized carbons (Fsp3) is 0.714. The maximum absolute atomic E-state index is 6.05. The summed E-state index contributed by atoms with van der Waals surface area (Å²) in [7, 11) is -2.63. The molecule has 18 heavy (non-hydrogen) atoms. The minimum atomic E-state index is -2.63. The minimum absolute atomic E-state index is 0.705. The maximum atomic E-state index is 6.05. The first kappa shape index (κ1) is 15.6. The van der Waals surface area contributed by atoms with Gasteiger partial charge in [-0.3, -0.25) is 0 Å². The Hall–Kier alpha value is -0.423. The molecule has 0 saturated carbocycles.